The summed E-state index contributed by atoms with van der Waals surface area (Å²) in [6.07, 6.45) is 0.105. The molecule has 100 valence electrons. The Morgan fingerprint density at radius 3 is 2.44 bits per heavy atom. The highest BCUT2D eigenvalue weighted by atomic mass is 16.5. The zero-order valence-corrected chi connectivity index (χ0v) is 11.4. The molecule has 1 aromatic carbocycles. The summed E-state index contributed by atoms with van der Waals surface area (Å²) >= 11 is 0. The quantitative estimate of drug-likeness (QED) is 0.845. The topological polar surface area (TPSA) is 47.6 Å². The molecule has 1 aromatic rings. The van der Waals surface area contributed by atoms with Crippen molar-refractivity contribution in [2.45, 2.75) is 39.9 Å². The third kappa shape index (κ3) is 5.19. The summed E-state index contributed by atoms with van der Waals surface area (Å²) < 4.78 is 10.9. The predicted octanol–water partition coefficient (Wildman–Crippen LogP) is 2.84. The summed E-state index contributed by atoms with van der Waals surface area (Å²) in [6, 6.07) is 7.37. The first-order valence-electron chi connectivity index (χ1n) is 6.16. The normalized spacial score (nSPS) is 10.8. The second-order valence-corrected chi connectivity index (χ2v) is 4.57. The lowest BCUT2D eigenvalue weighted by Crippen LogP contribution is -2.21. The lowest BCUT2D eigenvalue weighted by molar-refractivity contribution is -0.121. The molecule has 0 aromatic heterocycles. The van der Waals surface area contributed by atoms with E-state index in [1.165, 1.54) is 0 Å². The van der Waals surface area contributed by atoms with Gasteiger partial charge in [0.25, 0.3) is 0 Å². The summed E-state index contributed by atoms with van der Waals surface area (Å²) in [5.74, 6) is 0.494. The van der Waals surface area contributed by atoms with Crippen LogP contribution >= 0.6 is 0 Å². The number of hydrogen-bond donors (Lipinski definition) is 1. The molecule has 0 aliphatic rings. The molecule has 0 fully saturated rings. The zero-order valence-electron chi connectivity index (χ0n) is 11.4. The fourth-order valence-electron chi connectivity index (χ4n) is 1.36. The highest BCUT2D eigenvalue weighted by Crippen LogP contribution is 2.24. The van der Waals surface area contributed by atoms with E-state index in [2.05, 4.69) is 5.32 Å². The molecule has 0 unspecified atom stereocenters. The van der Waals surface area contributed by atoms with Crippen LogP contribution in [0.25, 0.3) is 0 Å². The van der Waals surface area contributed by atoms with Crippen molar-refractivity contribution in [2.75, 3.05) is 11.9 Å². The first-order valence-corrected chi connectivity index (χ1v) is 6.16. The monoisotopic (exact) mass is 251 g/mol. The van der Waals surface area contributed by atoms with Crippen LogP contribution in [0.3, 0.4) is 0 Å². The minimum atomic E-state index is -0.177. The summed E-state index contributed by atoms with van der Waals surface area (Å²) in [6.45, 7) is 7.72. The van der Waals surface area contributed by atoms with Gasteiger partial charge in [-0.25, -0.2) is 0 Å². The Bertz CT molecular complexity index is 388. The van der Waals surface area contributed by atoms with E-state index in [1.807, 2.05) is 52.0 Å². The first kappa shape index (κ1) is 14.5. The third-order valence-corrected chi connectivity index (χ3v) is 2.07. The van der Waals surface area contributed by atoms with Crippen LogP contribution in [0.5, 0.6) is 5.75 Å². The Hall–Kier alpha value is -1.55. The molecule has 1 amide bonds. The third-order valence-electron chi connectivity index (χ3n) is 2.07. The van der Waals surface area contributed by atoms with Gasteiger partial charge in [0, 0.05) is 0 Å². The fraction of sp³-hybridized carbons (Fsp3) is 0.500. The van der Waals surface area contributed by atoms with Gasteiger partial charge >= 0.3 is 0 Å². The number of ether oxygens (including phenoxy) is 2. The number of anilines is 1. The molecule has 0 heterocycles. The van der Waals surface area contributed by atoms with Crippen molar-refractivity contribution in [2.24, 2.45) is 0 Å². The Labute approximate surface area is 108 Å². The molecule has 0 aliphatic heterocycles. The van der Waals surface area contributed by atoms with Gasteiger partial charge in [-0.05, 0) is 39.8 Å². The smallest absolute Gasteiger partial charge is 0.250 e. The Kier molecular flexibility index (Phi) is 5.65. The standard InChI is InChI=1S/C14H21NO3/c1-10(2)17-9-14(16)15-12-7-5-6-8-13(12)18-11(3)4/h5-8,10-11H,9H2,1-4H3,(H,15,16). The van der Waals surface area contributed by atoms with Crippen molar-refractivity contribution in [3.8, 4) is 5.75 Å². The van der Waals surface area contributed by atoms with Crippen LogP contribution in [0.4, 0.5) is 5.69 Å². The molecule has 1 N–H and O–H groups in total. The molecule has 0 saturated carbocycles. The van der Waals surface area contributed by atoms with Crippen molar-refractivity contribution in [1.29, 1.82) is 0 Å². The lowest BCUT2D eigenvalue weighted by atomic mass is 10.3. The van der Waals surface area contributed by atoms with Gasteiger partial charge in [0.2, 0.25) is 5.91 Å². The number of rotatable bonds is 6. The maximum atomic E-state index is 11.7. The molecule has 0 radical (unpaired) electrons. The van der Waals surface area contributed by atoms with Crippen LogP contribution in [-0.4, -0.2) is 24.7 Å². The van der Waals surface area contributed by atoms with Crippen molar-refractivity contribution in [3.63, 3.8) is 0 Å². The number of nitrogens with one attached hydrogen (secondary N) is 1. The van der Waals surface area contributed by atoms with Crippen molar-refractivity contribution in [1.82, 2.24) is 0 Å². The molecule has 4 heteroatoms. The number of carbonyl (C=O) groups is 1. The minimum absolute atomic E-state index is 0.0397. The van der Waals surface area contributed by atoms with Crippen LogP contribution < -0.4 is 10.1 Å². The summed E-state index contributed by atoms with van der Waals surface area (Å²) in [5.41, 5.74) is 0.670. The van der Waals surface area contributed by atoms with E-state index in [9.17, 15) is 4.79 Å². The molecule has 1 rings (SSSR count). The Morgan fingerprint density at radius 2 is 1.83 bits per heavy atom. The lowest BCUT2D eigenvalue weighted by Gasteiger charge is -2.15. The average molecular weight is 251 g/mol. The highest BCUT2D eigenvalue weighted by Gasteiger charge is 2.09. The van der Waals surface area contributed by atoms with Crippen LogP contribution in [0.15, 0.2) is 24.3 Å². The van der Waals surface area contributed by atoms with Gasteiger partial charge in [-0.15, -0.1) is 0 Å². The molecular formula is C14H21NO3. The van der Waals surface area contributed by atoms with Gasteiger partial charge in [0.15, 0.2) is 0 Å². The molecule has 0 bridgehead atoms. The molecule has 0 aliphatic carbocycles. The number of carbonyl (C=O) groups excluding carboxylic acids is 1. The van der Waals surface area contributed by atoms with E-state index >= 15 is 0 Å². The van der Waals surface area contributed by atoms with E-state index < -0.39 is 0 Å². The summed E-state index contributed by atoms with van der Waals surface area (Å²) in [7, 11) is 0. The van der Waals surface area contributed by atoms with Gasteiger partial charge in [0.1, 0.15) is 12.4 Å². The highest BCUT2D eigenvalue weighted by molar-refractivity contribution is 5.93. The SMILES string of the molecule is CC(C)OCC(=O)Nc1ccccc1OC(C)C. The second kappa shape index (κ2) is 7.01. The second-order valence-electron chi connectivity index (χ2n) is 4.57. The first-order chi connectivity index (χ1) is 8.49. The predicted molar refractivity (Wildman–Crippen MR) is 71.9 cm³/mol. The van der Waals surface area contributed by atoms with Crippen LogP contribution in [0, 0.1) is 0 Å². The Morgan fingerprint density at radius 1 is 1.17 bits per heavy atom. The zero-order chi connectivity index (χ0) is 13.5. The maximum Gasteiger partial charge on any atom is 0.250 e. The molecule has 0 spiro atoms. The van der Waals surface area contributed by atoms with E-state index in [0.29, 0.717) is 11.4 Å². The van der Waals surface area contributed by atoms with Gasteiger partial charge < -0.3 is 14.8 Å². The maximum absolute atomic E-state index is 11.7. The molecule has 18 heavy (non-hydrogen) atoms. The van der Waals surface area contributed by atoms with E-state index in [-0.39, 0.29) is 24.7 Å². The molecule has 4 nitrogen and oxygen atoms in total. The van der Waals surface area contributed by atoms with Gasteiger partial charge in [-0.2, -0.15) is 0 Å². The van der Waals surface area contributed by atoms with Crippen molar-refractivity contribution in [3.05, 3.63) is 24.3 Å². The van der Waals surface area contributed by atoms with Gasteiger partial charge in [0.05, 0.1) is 17.9 Å². The number of para-hydroxylation sites is 2. The largest absolute Gasteiger partial charge is 0.489 e. The number of benzene rings is 1. The van der Waals surface area contributed by atoms with Gasteiger partial charge in [-0.3, -0.25) is 4.79 Å². The van der Waals surface area contributed by atoms with E-state index in [4.69, 9.17) is 9.47 Å². The fourth-order valence-corrected chi connectivity index (χ4v) is 1.36. The van der Waals surface area contributed by atoms with Gasteiger partial charge in [-0.1, -0.05) is 12.1 Å². The average Bonchev–Trinajstić information content (AvgIpc) is 2.28. The molecule has 0 atom stereocenters. The summed E-state index contributed by atoms with van der Waals surface area (Å²) in [4.78, 5) is 11.7. The van der Waals surface area contributed by atoms with Crippen molar-refractivity contribution >= 4 is 11.6 Å². The molecular weight excluding hydrogens is 230 g/mol. The van der Waals surface area contributed by atoms with Crippen LogP contribution in [0.1, 0.15) is 27.7 Å². The minimum Gasteiger partial charge on any atom is -0.489 e. The molecule has 0 saturated heterocycles. The number of hydrogen-bond acceptors (Lipinski definition) is 3. The van der Waals surface area contributed by atoms with E-state index in [0.717, 1.165) is 0 Å². The van der Waals surface area contributed by atoms with E-state index in [1.54, 1.807) is 0 Å². The van der Waals surface area contributed by atoms with Crippen LogP contribution in [0.2, 0.25) is 0 Å². The van der Waals surface area contributed by atoms with Crippen molar-refractivity contribution < 1.29 is 14.3 Å². The number of amides is 1. The van der Waals surface area contributed by atoms with Crippen LogP contribution in [-0.2, 0) is 9.53 Å². The Balaban J connectivity index is 2.63. The summed E-state index contributed by atoms with van der Waals surface area (Å²) in [5, 5.41) is 2.78.